The van der Waals surface area contributed by atoms with Gasteiger partial charge in [-0.15, -0.1) is 10.2 Å². The molecule has 0 saturated heterocycles. The number of hydrogen-bond donors (Lipinski definition) is 1. The molecule has 4 rings (SSSR count). The maximum atomic E-state index is 11.8. The molecule has 8 heteroatoms. The molecule has 3 aromatic rings. The van der Waals surface area contributed by atoms with Crippen molar-refractivity contribution in [1.82, 2.24) is 30.1 Å². The van der Waals surface area contributed by atoms with Crippen molar-refractivity contribution in [2.45, 2.75) is 24.0 Å². The van der Waals surface area contributed by atoms with Gasteiger partial charge in [0, 0.05) is 12.2 Å². The van der Waals surface area contributed by atoms with Crippen molar-refractivity contribution >= 4 is 23.3 Å². The van der Waals surface area contributed by atoms with Crippen LogP contribution in [-0.2, 0) is 4.79 Å². The Morgan fingerprint density at radius 1 is 1.22 bits per heavy atom. The SMILES string of the molecule is O=C(CSc1nnc2ccc(-c3ccccn3)nn12)NC1CC1. The molecular formula is C15H14N6OS. The number of aromatic nitrogens is 5. The summed E-state index contributed by atoms with van der Waals surface area (Å²) in [6, 6.07) is 9.75. The van der Waals surface area contributed by atoms with Gasteiger partial charge in [-0.25, -0.2) is 0 Å². The minimum atomic E-state index is 0.0233. The number of fused-ring (bicyclic) bond motifs is 1. The van der Waals surface area contributed by atoms with E-state index in [9.17, 15) is 4.79 Å². The summed E-state index contributed by atoms with van der Waals surface area (Å²) in [5, 5.41) is 16.3. The molecule has 1 N–H and O–H groups in total. The summed E-state index contributed by atoms with van der Waals surface area (Å²) in [5.74, 6) is 0.336. The van der Waals surface area contributed by atoms with E-state index in [1.165, 1.54) is 11.8 Å². The maximum Gasteiger partial charge on any atom is 0.230 e. The average molecular weight is 326 g/mol. The van der Waals surface area contributed by atoms with E-state index in [-0.39, 0.29) is 5.91 Å². The molecule has 0 unspecified atom stereocenters. The summed E-state index contributed by atoms with van der Waals surface area (Å²) in [5.41, 5.74) is 2.17. The molecule has 0 aromatic carbocycles. The second kappa shape index (κ2) is 5.96. The molecule has 0 aliphatic heterocycles. The molecule has 0 atom stereocenters. The van der Waals surface area contributed by atoms with E-state index in [1.54, 1.807) is 10.7 Å². The Kier molecular flexibility index (Phi) is 3.66. The van der Waals surface area contributed by atoms with Gasteiger partial charge in [0.2, 0.25) is 11.1 Å². The van der Waals surface area contributed by atoms with Crippen molar-refractivity contribution in [1.29, 1.82) is 0 Å². The monoisotopic (exact) mass is 326 g/mol. The van der Waals surface area contributed by atoms with Crippen molar-refractivity contribution in [3.63, 3.8) is 0 Å². The number of nitrogens with zero attached hydrogens (tertiary/aromatic N) is 5. The molecule has 0 radical (unpaired) electrons. The van der Waals surface area contributed by atoms with Crippen molar-refractivity contribution in [3.05, 3.63) is 36.5 Å². The van der Waals surface area contributed by atoms with Crippen molar-refractivity contribution in [2.24, 2.45) is 0 Å². The van der Waals surface area contributed by atoms with Gasteiger partial charge < -0.3 is 5.32 Å². The largest absolute Gasteiger partial charge is 0.353 e. The fourth-order valence-corrected chi connectivity index (χ4v) is 2.84. The minimum absolute atomic E-state index is 0.0233. The van der Waals surface area contributed by atoms with Gasteiger partial charge in [-0.3, -0.25) is 9.78 Å². The average Bonchev–Trinajstić information content (AvgIpc) is 3.31. The maximum absolute atomic E-state index is 11.8. The zero-order valence-corrected chi connectivity index (χ0v) is 13.0. The van der Waals surface area contributed by atoms with Gasteiger partial charge in [0.1, 0.15) is 5.69 Å². The fourth-order valence-electron chi connectivity index (χ4n) is 2.14. The van der Waals surface area contributed by atoms with Crippen LogP contribution in [0.4, 0.5) is 0 Å². The van der Waals surface area contributed by atoms with Crippen LogP contribution in [0.25, 0.3) is 17.0 Å². The summed E-state index contributed by atoms with van der Waals surface area (Å²) < 4.78 is 1.65. The molecule has 116 valence electrons. The molecule has 7 nitrogen and oxygen atoms in total. The van der Waals surface area contributed by atoms with Gasteiger partial charge in [0.15, 0.2) is 5.65 Å². The Balaban J connectivity index is 1.56. The third kappa shape index (κ3) is 3.16. The first-order valence-electron chi connectivity index (χ1n) is 7.35. The summed E-state index contributed by atoms with van der Waals surface area (Å²) in [4.78, 5) is 16.1. The van der Waals surface area contributed by atoms with E-state index in [0.29, 0.717) is 22.6 Å². The van der Waals surface area contributed by atoms with Gasteiger partial charge in [-0.05, 0) is 37.1 Å². The van der Waals surface area contributed by atoms with Crippen LogP contribution in [0.15, 0.2) is 41.7 Å². The highest BCUT2D eigenvalue weighted by Crippen LogP contribution is 2.21. The summed E-state index contributed by atoms with van der Waals surface area (Å²) in [6.07, 6.45) is 3.89. The smallest absolute Gasteiger partial charge is 0.230 e. The lowest BCUT2D eigenvalue weighted by Crippen LogP contribution is -2.27. The molecule has 1 saturated carbocycles. The first-order valence-corrected chi connectivity index (χ1v) is 8.34. The van der Waals surface area contributed by atoms with Gasteiger partial charge in [0.25, 0.3) is 0 Å². The molecule has 3 aromatic heterocycles. The zero-order valence-electron chi connectivity index (χ0n) is 12.2. The van der Waals surface area contributed by atoms with Crippen LogP contribution in [0.2, 0.25) is 0 Å². The Morgan fingerprint density at radius 3 is 2.91 bits per heavy atom. The van der Waals surface area contributed by atoms with E-state index in [1.807, 2.05) is 30.3 Å². The molecule has 0 spiro atoms. The molecule has 1 amide bonds. The van der Waals surface area contributed by atoms with Gasteiger partial charge in [0.05, 0.1) is 11.4 Å². The quantitative estimate of drug-likeness (QED) is 0.716. The van der Waals surface area contributed by atoms with E-state index in [2.05, 4.69) is 25.6 Å². The van der Waals surface area contributed by atoms with E-state index in [0.717, 1.165) is 24.2 Å². The standard InChI is InChI=1S/C15H14N6OS/c22-14(17-10-4-5-10)9-23-15-19-18-13-7-6-12(20-21(13)15)11-3-1-2-8-16-11/h1-3,6-8,10H,4-5,9H2,(H,17,22). The highest BCUT2D eigenvalue weighted by Gasteiger charge is 2.23. The first-order chi connectivity index (χ1) is 11.3. The molecule has 23 heavy (non-hydrogen) atoms. The second-order valence-electron chi connectivity index (χ2n) is 5.32. The summed E-state index contributed by atoms with van der Waals surface area (Å²) in [7, 11) is 0. The predicted octanol–water partition coefficient (Wildman–Crippen LogP) is 1.56. The highest BCUT2D eigenvalue weighted by molar-refractivity contribution is 7.99. The number of amides is 1. The third-order valence-electron chi connectivity index (χ3n) is 3.44. The van der Waals surface area contributed by atoms with Gasteiger partial charge in [-0.1, -0.05) is 17.8 Å². The molecule has 0 bridgehead atoms. The normalized spacial score (nSPS) is 14.1. The van der Waals surface area contributed by atoms with Crippen LogP contribution in [0.5, 0.6) is 0 Å². The van der Waals surface area contributed by atoms with Crippen LogP contribution in [0.1, 0.15) is 12.8 Å². The van der Waals surface area contributed by atoms with Crippen LogP contribution in [0, 0.1) is 0 Å². The Hall–Kier alpha value is -2.48. The van der Waals surface area contributed by atoms with Gasteiger partial charge >= 0.3 is 0 Å². The van der Waals surface area contributed by atoms with Crippen LogP contribution >= 0.6 is 11.8 Å². The van der Waals surface area contributed by atoms with E-state index in [4.69, 9.17) is 0 Å². The zero-order chi connectivity index (χ0) is 15.6. The third-order valence-corrected chi connectivity index (χ3v) is 4.36. The number of pyridine rings is 1. The van der Waals surface area contributed by atoms with E-state index < -0.39 is 0 Å². The fraction of sp³-hybridized carbons (Fsp3) is 0.267. The lowest BCUT2D eigenvalue weighted by molar-refractivity contribution is -0.118. The Morgan fingerprint density at radius 2 is 2.13 bits per heavy atom. The number of thioether (sulfide) groups is 1. The van der Waals surface area contributed by atoms with Gasteiger partial charge in [-0.2, -0.15) is 9.61 Å². The first kappa shape index (κ1) is 14.1. The molecule has 1 aliphatic rings. The minimum Gasteiger partial charge on any atom is -0.353 e. The van der Waals surface area contributed by atoms with Crippen LogP contribution < -0.4 is 5.32 Å². The number of nitrogens with one attached hydrogen (secondary N) is 1. The lowest BCUT2D eigenvalue weighted by atomic mass is 10.2. The summed E-state index contributed by atoms with van der Waals surface area (Å²) in [6.45, 7) is 0. The number of rotatable bonds is 5. The summed E-state index contributed by atoms with van der Waals surface area (Å²) >= 11 is 1.33. The van der Waals surface area contributed by atoms with Crippen LogP contribution in [0.3, 0.4) is 0 Å². The highest BCUT2D eigenvalue weighted by atomic mass is 32.2. The topological polar surface area (TPSA) is 85.1 Å². The van der Waals surface area contributed by atoms with E-state index >= 15 is 0 Å². The number of carbonyl (C=O) groups is 1. The molecule has 3 heterocycles. The van der Waals surface area contributed by atoms with Crippen molar-refractivity contribution in [2.75, 3.05) is 5.75 Å². The number of hydrogen-bond acceptors (Lipinski definition) is 6. The Bertz CT molecular complexity index is 846. The Labute approximate surface area is 136 Å². The second-order valence-corrected chi connectivity index (χ2v) is 6.26. The molecule has 1 fully saturated rings. The lowest BCUT2D eigenvalue weighted by Gasteiger charge is -2.03. The predicted molar refractivity (Wildman–Crippen MR) is 85.9 cm³/mol. The molecular weight excluding hydrogens is 312 g/mol. The molecule has 1 aliphatic carbocycles. The van der Waals surface area contributed by atoms with Crippen LogP contribution in [-0.4, -0.2) is 42.5 Å². The van der Waals surface area contributed by atoms with Crippen molar-refractivity contribution in [3.8, 4) is 11.4 Å². The van der Waals surface area contributed by atoms with Crippen molar-refractivity contribution < 1.29 is 4.79 Å². The number of carbonyl (C=O) groups excluding carboxylic acids is 1.